The molecule has 2 aliphatic carbocycles. The number of nitrogens with zero attached hydrogens (tertiary/aromatic N) is 1. The van der Waals surface area contributed by atoms with Crippen LogP contribution < -0.4 is 10.1 Å². The van der Waals surface area contributed by atoms with Gasteiger partial charge in [0.1, 0.15) is 17.4 Å². The Labute approximate surface area is 118 Å². The van der Waals surface area contributed by atoms with Crippen molar-refractivity contribution in [2.45, 2.75) is 43.2 Å². The normalized spacial score (nSPS) is 32.3. The zero-order chi connectivity index (χ0) is 13.5. The molecule has 100 valence electrons. The summed E-state index contributed by atoms with van der Waals surface area (Å²) in [5.74, 6) is 0.776. The Balaban J connectivity index is 1.80. The number of nitrogens with one attached hydrogen (secondary N) is 1. The molecule has 1 N–H and O–H groups in total. The van der Waals surface area contributed by atoms with Gasteiger partial charge in [0, 0.05) is 18.0 Å². The minimum atomic E-state index is -0.0412. The summed E-state index contributed by atoms with van der Waals surface area (Å²) in [5, 5.41) is 12.8. The number of rotatable bonds is 3. The molecule has 3 nitrogen and oxygen atoms in total. The molecule has 0 unspecified atom stereocenters. The fourth-order valence-corrected chi connectivity index (χ4v) is 3.74. The fourth-order valence-electron chi connectivity index (χ4n) is 3.53. The topological polar surface area (TPSA) is 45.0 Å². The van der Waals surface area contributed by atoms with Gasteiger partial charge in [-0.15, -0.1) is 0 Å². The van der Waals surface area contributed by atoms with Crippen LogP contribution in [-0.2, 0) is 0 Å². The zero-order valence-electron chi connectivity index (χ0n) is 11.0. The number of benzene rings is 1. The predicted octanol–water partition coefficient (Wildman–Crippen LogP) is 3.27. The summed E-state index contributed by atoms with van der Waals surface area (Å²) in [4.78, 5) is 0. The molecule has 2 fully saturated rings. The van der Waals surface area contributed by atoms with E-state index < -0.39 is 0 Å². The monoisotopic (exact) mass is 276 g/mol. The van der Waals surface area contributed by atoms with Crippen molar-refractivity contribution in [2.24, 2.45) is 0 Å². The summed E-state index contributed by atoms with van der Waals surface area (Å²) in [7, 11) is 2.04. The summed E-state index contributed by atoms with van der Waals surface area (Å²) in [6, 6.07) is 7.39. The lowest BCUT2D eigenvalue weighted by Gasteiger charge is -2.28. The Morgan fingerprint density at radius 2 is 2.05 bits per heavy atom. The van der Waals surface area contributed by atoms with Gasteiger partial charge in [0.05, 0.1) is 10.6 Å². The standard InChI is InChI=1S/C15H17ClN2O/c1-18-14-4-6-15(10-14,7-5-14)19-12-3-2-11(9-17)13(16)8-12/h2-3,8,18H,4-7,10H2,1H3. The van der Waals surface area contributed by atoms with Gasteiger partial charge in [-0.25, -0.2) is 0 Å². The van der Waals surface area contributed by atoms with E-state index in [9.17, 15) is 0 Å². The van der Waals surface area contributed by atoms with Crippen LogP contribution in [-0.4, -0.2) is 18.2 Å². The molecule has 1 aromatic rings. The van der Waals surface area contributed by atoms with Crippen molar-refractivity contribution in [1.29, 1.82) is 5.26 Å². The number of hydrogen-bond donors (Lipinski definition) is 1. The second-order valence-electron chi connectivity index (χ2n) is 5.75. The SMILES string of the molecule is CNC12CCC(Oc3ccc(C#N)c(Cl)c3)(CC1)C2. The van der Waals surface area contributed by atoms with Crippen molar-refractivity contribution in [1.82, 2.24) is 5.32 Å². The summed E-state index contributed by atoms with van der Waals surface area (Å²) >= 11 is 6.05. The van der Waals surface area contributed by atoms with Gasteiger partial charge in [-0.3, -0.25) is 0 Å². The van der Waals surface area contributed by atoms with E-state index in [0.717, 1.165) is 25.0 Å². The van der Waals surface area contributed by atoms with Gasteiger partial charge < -0.3 is 10.1 Å². The van der Waals surface area contributed by atoms with E-state index >= 15 is 0 Å². The number of hydrogen-bond acceptors (Lipinski definition) is 3. The highest BCUT2D eigenvalue weighted by atomic mass is 35.5. The maximum absolute atomic E-state index is 8.88. The third-order valence-corrected chi connectivity index (χ3v) is 5.02. The van der Waals surface area contributed by atoms with Crippen molar-refractivity contribution in [3.05, 3.63) is 28.8 Å². The molecule has 0 aromatic heterocycles. The minimum Gasteiger partial charge on any atom is -0.487 e. The number of nitriles is 1. The van der Waals surface area contributed by atoms with E-state index in [1.807, 2.05) is 13.1 Å². The van der Waals surface area contributed by atoms with Gasteiger partial charge in [0.15, 0.2) is 0 Å². The summed E-state index contributed by atoms with van der Waals surface area (Å²) in [5.41, 5.74) is 0.727. The largest absolute Gasteiger partial charge is 0.487 e. The lowest BCUT2D eigenvalue weighted by atomic mass is 9.93. The van der Waals surface area contributed by atoms with Gasteiger partial charge in [0.25, 0.3) is 0 Å². The van der Waals surface area contributed by atoms with Crippen LogP contribution in [0.5, 0.6) is 5.75 Å². The second-order valence-corrected chi connectivity index (χ2v) is 6.15. The highest BCUT2D eigenvalue weighted by Crippen LogP contribution is 2.52. The van der Waals surface area contributed by atoms with Crippen LogP contribution in [0.1, 0.15) is 37.7 Å². The molecule has 0 atom stereocenters. The van der Waals surface area contributed by atoms with Crippen LogP contribution in [0.3, 0.4) is 0 Å². The average molecular weight is 277 g/mol. The Morgan fingerprint density at radius 3 is 2.58 bits per heavy atom. The first-order chi connectivity index (χ1) is 9.10. The van der Waals surface area contributed by atoms with E-state index in [0.29, 0.717) is 10.6 Å². The van der Waals surface area contributed by atoms with Crippen LogP contribution >= 0.6 is 11.6 Å². The van der Waals surface area contributed by atoms with Crippen molar-refractivity contribution in [3.63, 3.8) is 0 Å². The molecule has 3 rings (SSSR count). The first kappa shape index (κ1) is 12.8. The Kier molecular flexibility index (Phi) is 2.96. The Bertz CT molecular complexity index is 542. The molecule has 4 heteroatoms. The fraction of sp³-hybridized carbons (Fsp3) is 0.533. The van der Waals surface area contributed by atoms with Crippen LogP contribution in [0, 0.1) is 11.3 Å². The van der Waals surface area contributed by atoms with Crippen molar-refractivity contribution >= 4 is 11.6 Å². The Hall–Kier alpha value is -1.24. The highest BCUT2D eigenvalue weighted by molar-refractivity contribution is 6.31. The molecule has 19 heavy (non-hydrogen) atoms. The highest BCUT2D eigenvalue weighted by Gasteiger charge is 2.55. The van der Waals surface area contributed by atoms with Crippen LogP contribution in [0.4, 0.5) is 0 Å². The number of fused-ring (bicyclic) bond motifs is 2. The molecule has 0 radical (unpaired) electrons. The number of halogens is 1. The smallest absolute Gasteiger partial charge is 0.121 e. The molecule has 0 spiro atoms. The quantitative estimate of drug-likeness (QED) is 0.922. The first-order valence-corrected chi connectivity index (χ1v) is 7.06. The van der Waals surface area contributed by atoms with Crippen molar-refractivity contribution in [3.8, 4) is 11.8 Å². The van der Waals surface area contributed by atoms with E-state index in [1.165, 1.54) is 12.8 Å². The molecule has 2 saturated carbocycles. The lowest BCUT2D eigenvalue weighted by molar-refractivity contribution is 0.0803. The van der Waals surface area contributed by atoms with E-state index in [-0.39, 0.29) is 11.1 Å². The molecule has 2 aliphatic rings. The van der Waals surface area contributed by atoms with Crippen molar-refractivity contribution in [2.75, 3.05) is 7.05 Å². The molecule has 2 bridgehead atoms. The van der Waals surface area contributed by atoms with Gasteiger partial charge in [-0.05, 0) is 44.9 Å². The lowest BCUT2D eigenvalue weighted by Crippen LogP contribution is -2.37. The average Bonchev–Trinajstić information content (AvgIpc) is 2.95. The first-order valence-electron chi connectivity index (χ1n) is 6.68. The van der Waals surface area contributed by atoms with Gasteiger partial charge in [0.2, 0.25) is 0 Å². The maximum Gasteiger partial charge on any atom is 0.121 e. The third kappa shape index (κ3) is 2.09. The van der Waals surface area contributed by atoms with Gasteiger partial charge in [-0.1, -0.05) is 11.6 Å². The van der Waals surface area contributed by atoms with E-state index in [4.69, 9.17) is 21.6 Å². The molecule has 0 heterocycles. The van der Waals surface area contributed by atoms with Crippen LogP contribution in [0.2, 0.25) is 5.02 Å². The predicted molar refractivity (Wildman–Crippen MR) is 74.4 cm³/mol. The summed E-state index contributed by atoms with van der Waals surface area (Å²) < 4.78 is 6.23. The molecule has 1 aromatic carbocycles. The summed E-state index contributed by atoms with van der Waals surface area (Å²) in [6.45, 7) is 0. The van der Waals surface area contributed by atoms with Gasteiger partial charge in [-0.2, -0.15) is 5.26 Å². The summed E-state index contributed by atoms with van der Waals surface area (Å²) in [6.07, 6.45) is 5.59. The second kappa shape index (κ2) is 4.40. The zero-order valence-corrected chi connectivity index (χ0v) is 11.8. The Morgan fingerprint density at radius 1 is 1.32 bits per heavy atom. The number of ether oxygens (including phenoxy) is 1. The molecule has 0 amide bonds. The molecular weight excluding hydrogens is 260 g/mol. The van der Waals surface area contributed by atoms with Crippen molar-refractivity contribution < 1.29 is 4.74 Å². The van der Waals surface area contributed by atoms with E-state index in [2.05, 4.69) is 11.4 Å². The molecule has 0 aliphatic heterocycles. The van der Waals surface area contributed by atoms with Crippen LogP contribution in [0.15, 0.2) is 18.2 Å². The van der Waals surface area contributed by atoms with E-state index in [1.54, 1.807) is 12.1 Å². The maximum atomic E-state index is 8.88. The molecule has 0 saturated heterocycles. The molecular formula is C15H17ClN2O. The van der Waals surface area contributed by atoms with Crippen LogP contribution in [0.25, 0.3) is 0 Å². The van der Waals surface area contributed by atoms with Gasteiger partial charge >= 0.3 is 0 Å². The third-order valence-electron chi connectivity index (χ3n) is 4.70. The minimum absolute atomic E-state index is 0.0412.